The lowest BCUT2D eigenvalue weighted by Gasteiger charge is -2.24. The zero-order valence-corrected chi connectivity index (χ0v) is 19.7. The Morgan fingerprint density at radius 1 is 1.12 bits per heavy atom. The number of carbonyl (C=O) groups is 2. The van der Waals surface area contributed by atoms with Crippen LogP contribution in [0.4, 0.5) is 5.69 Å². The van der Waals surface area contributed by atoms with E-state index < -0.39 is 17.7 Å². The van der Waals surface area contributed by atoms with Crippen molar-refractivity contribution in [3.05, 3.63) is 94.3 Å². The van der Waals surface area contributed by atoms with Gasteiger partial charge >= 0.3 is 0 Å². The van der Waals surface area contributed by atoms with Gasteiger partial charge in [0.05, 0.1) is 23.4 Å². The maximum Gasteiger partial charge on any atom is 0.300 e. The van der Waals surface area contributed by atoms with E-state index in [1.165, 1.54) is 18.1 Å². The summed E-state index contributed by atoms with van der Waals surface area (Å²) in [5.74, 6) is -1.39. The molecule has 0 bridgehead atoms. The highest BCUT2D eigenvalue weighted by Gasteiger charge is 2.47. The van der Waals surface area contributed by atoms with Crippen molar-refractivity contribution >= 4 is 34.7 Å². The summed E-state index contributed by atoms with van der Waals surface area (Å²) >= 11 is 6.24. The quantitative estimate of drug-likeness (QED) is 0.268. The summed E-state index contributed by atoms with van der Waals surface area (Å²) in [6.07, 6.45) is 4.69. The van der Waals surface area contributed by atoms with Gasteiger partial charge in [0.25, 0.3) is 11.7 Å². The van der Waals surface area contributed by atoms with Crippen LogP contribution in [-0.2, 0) is 16.0 Å². The Labute approximate surface area is 203 Å². The molecule has 1 amide bonds. The number of rotatable bonds is 7. The molecule has 4 rings (SSSR count). The first-order chi connectivity index (χ1) is 16.5. The summed E-state index contributed by atoms with van der Waals surface area (Å²) in [7, 11) is 1.49. The van der Waals surface area contributed by atoms with Gasteiger partial charge in [-0.1, -0.05) is 43.1 Å². The molecule has 1 aliphatic rings. The van der Waals surface area contributed by atoms with E-state index in [0.29, 0.717) is 22.7 Å². The molecule has 1 unspecified atom stereocenters. The summed E-state index contributed by atoms with van der Waals surface area (Å²) in [6, 6.07) is 16.6. The molecule has 7 heteroatoms. The fourth-order valence-electron chi connectivity index (χ4n) is 4.09. The number of ether oxygens (including phenoxy) is 1. The number of hydrogen-bond acceptors (Lipinski definition) is 5. The first kappa shape index (κ1) is 23.5. The van der Waals surface area contributed by atoms with E-state index in [1.54, 1.807) is 36.5 Å². The minimum atomic E-state index is -0.886. The van der Waals surface area contributed by atoms with Crippen LogP contribution in [0, 0.1) is 0 Å². The number of aryl methyl sites for hydroxylation is 1. The molecule has 1 fully saturated rings. The van der Waals surface area contributed by atoms with Crippen LogP contribution in [0.5, 0.6) is 5.75 Å². The van der Waals surface area contributed by atoms with Crippen LogP contribution >= 0.6 is 11.6 Å². The Bertz CT molecular complexity index is 1240. The fourth-order valence-corrected chi connectivity index (χ4v) is 4.35. The van der Waals surface area contributed by atoms with Crippen molar-refractivity contribution in [3.63, 3.8) is 0 Å². The number of aliphatic hydroxyl groups excluding tert-OH is 1. The first-order valence-electron chi connectivity index (χ1n) is 11.1. The van der Waals surface area contributed by atoms with Gasteiger partial charge in [-0.3, -0.25) is 19.5 Å². The number of unbranched alkanes of at least 4 members (excludes halogenated alkanes) is 1. The van der Waals surface area contributed by atoms with Crippen LogP contribution in [0.25, 0.3) is 5.76 Å². The van der Waals surface area contributed by atoms with Crippen LogP contribution < -0.4 is 9.64 Å². The predicted octanol–water partition coefficient (Wildman–Crippen LogP) is 5.71. The highest BCUT2D eigenvalue weighted by molar-refractivity contribution is 6.51. The van der Waals surface area contributed by atoms with Crippen molar-refractivity contribution in [2.24, 2.45) is 0 Å². The Balaban J connectivity index is 1.84. The Hall–Kier alpha value is -3.64. The number of carbonyl (C=O) groups excluding carboxylic acids is 2. The summed E-state index contributed by atoms with van der Waals surface area (Å²) in [5.41, 5.74) is 2.45. The Kier molecular flexibility index (Phi) is 6.98. The lowest BCUT2D eigenvalue weighted by molar-refractivity contribution is -0.132. The summed E-state index contributed by atoms with van der Waals surface area (Å²) in [4.78, 5) is 32.2. The number of benzene rings is 2. The van der Waals surface area contributed by atoms with E-state index in [1.807, 2.05) is 24.3 Å². The van der Waals surface area contributed by atoms with E-state index in [-0.39, 0.29) is 16.4 Å². The van der Waals surface area contributed by atoms with Gasteiger partial charge in [0.2, 0.25) is 0 Å². The van der Waals surface area contributed by atoms with Gasteiger partial charge in [0, 0.05) is 17.4 Å². The van der Waals surface area contributed by atoms with Crippen molar-refractivity contribution in [2.45, 2.75) is 32.2 Å². The number of aliphatic hydroxyl groups is 1. The third-order valence-electron chi connectivity index (χ3n) is 5.87. The SMILES string of the molecule is CCCCc1ccc(N2C(=O)C(=O)/C(=C(\O)c3ccc(OC)c(Cl)c3)C2c2ccccn2)cc1. The summed E-state index contributed by atoms with van der Waals surface area (Å²) in [5, 5.41) is 11.5. The lowest BCUT2D eigenvalue weighted by Crippen LogP contribution is -2.29. The van der Waals surface area contributed by atoms with E-state index >= 15 is 0 Å². The molecule has 34 heavy (non-hydrogen) atoms. The van der Waals surface area contributed by atoms with Crippen LogP contribution in [0.3, 0.4) is 0 Å². The minimum Gasteiger partial charge on any atom is -0.507 e. The monoisotopic (exact) mass is 476 g/mol. The van der Waals surface area contributed by atoms with Gasteiger partial charge in [-0.05, 0) is 60.9 Å². The van der Waals surface area contributed by atoms with E-state index in [4.69, 9.17) is 16.3 Å². The van der Waals surface area contributed by atoms with Crippen molar-refractivity contribution in [3.8, 4) is 5.75 Å². The predicted molar refractivity (Wildman–Crippen MR) is 132 cm³/mol. The third kappa shape index (κ3) is 4.41. The highest BCUT2D eigenvalue weighted by Crippen LogP contribution is 2.42. The van der Waals surface area contributed by atoms with Crippen LogP contribution in [0.1, 0.15) is 42.6 Å². The molecule has 1 saturated heterocycles. The number of methoxy groups -OCH3 is 1. The van der Waals surface area contributed by atoms with Crippen LogP contribution in [0.15, 0.2) is 72.4 Å². The van der Waals surface area contributed by atoms with Crippen molar-refractivity contribution in [2.75, 3.05) is 12.0 Å². The number of pyridine rings is 1. The molecule has 0 aliphatic carbocycles. The number of amides is 1. The number of hydrogen-bond donors (Lipinski definition) is 1. The summed E-state index contributed by atoms with van der Waals surface area (Å²) < 4.78 is 5.17. The second-order valence-corrected chi connectivity index (χ2v) is 8.45. The molecule has 2 heterocycles. The molecule has 6 nitrogen and oxygen atoms in total. The topological polar surface area (TPSA) is 79.7 Å². The molecule has 174 valence electrons. The average molecular weight is 477 g/mol. The molecule has 3 aromatic rings. The van der Waals surface area contributed by atoms with Gasteiger partial charge in [-0.15, -0.1) is 0 Å². The molecule has 1 atom stereocenters. The lowest BCUT2D eigenvalue weighted by atomic mass is 9.98. The van der Waals surface area contributed by atoms with Crippen molar-refractivity contribution in [1.82, 2.24) is 4.98 Å². The van der Waals surface area contributed by atoms with Gasteiger partial charge in [-0.25, -0.2) is 0 Å². The maximum atomic E-state index is 13.2. The zero-order valence-electron chi connectivity index (χ0n) is 19.0. The van der Waals surface area contributed by atoms with E-state index in [9.17, 15) is 14.7 Å². The standard InChI is InChI=1S/C27H25ClN2O4/c1-3-4-7-17-9-12-19(13-10-17)30-24(21-8-5-6-15-29-21)23(26(32)27(30)33)25(31)18-11-14-22(34-2)20(28)16-18/h5-6,8-16,24,31H,3-4,7H2,1-2H3/b25-23-. The molecule has 0 saturated carbocycles. The van der Waals surface area contributed by atoms with E-state index in [0.717, 1.165) is 24.8 Å². The normalized spacial score (nSPS) is 17.3. The first-order valence-corrected chi connectivity index (χ1v) is 11.5. The number of anilines is 1. The average Bonchev–Trinajstić information content (AvgIpc) is 3.13. The van der Waals surface area contributed by atoms with Crippen LogP contribution in [-0.4, -0.2) is 28.9 Å². The molecule has 1 aromatic heterocycles. The van der Waals surface area contributed by atoms with Crippen molar-refractivity contribution < 1.29 is 19.4 Å². The largest absolute Gasteiger partial charge is 0.507 e. The van der Waals surface area contributed by atoms with Gasteiger partial charge < -0.3 is 9.84 Å². The molecule has 0 spiro atoms. The molecule has 2 aromatic carbocycles. The second kappa shape index (κ2) is 10.1. The molecule has 0 radical (unpaired) electrons. The number of halogens is 1. The number of nitrogens with zero attached hydrogens (tertiary/aromatic N) is 2. The van der Waals surface area contributed by atoms with Gasteiger partial charge in [-0.2, -0.15) is 0 Å². The molecule has 1 N–H and O–H groups in total. The van der Waals surface area contributed by atoms with Crippen LogP contribution in [0.2, 0.25) is 5.02 Å². The third-order valence-corrected chi connectivity index (χ3v) is 6.17. The fraction of sp³-hybridized carbons (Fsp3) is 0.222. The Morgan fingerprint density at radius 3 is 2.50 bits per heavy atom. The highest BCUT2D eigenvalue weighted by atomic mass is 35.5. The summed E-state index contributed by atoms with van der Waals surface area (Å²) in [6.45, 7) is 2.14. The van der Waals surface area contributed by atoms with Gasteiger partial charge in [0.15, 0.2) is 0 Å². The smallest absolute Gasteiger partial charge is 0.300 e. The zero-order chi connectivity index (χ0) is 24.2. The molecular weight excluding hydrogens is 452 g/mol. The minimum absolute atomic E-state index is 0.0417. The number of Topliss-reactive ketones (excluding diaryl/α,β-unsaturated/α-hetero) is 1. The van der Waals surface area contributed by atoms with Crippen molar-refractivity contribution in [1.29, 1.82) is 0 Å². The molecule has 1 aliphatic heterocycles. The number of ketones is 1. The number of aromatic nitrogens is 1. The Morgan fingerprint density at radius 2 is 1.88 bits per heavy atom. The van der Waals surface area contributed by atoms with Gasteiger partial charge in [0.1, 0.15) is 17.6 Å². The second-order valence-electron chi connectivity index (χ2n) is 8.04. The molecular formula is C27H25ClN2O4. The maximum absolute atomic E-state index is 13.2. The van der Waals surface area contributed by atoms with E-state index in [2.05, 4.69) is 11.9 Å².